The van der Waals surface area contributed by atoms with Crippen LogP contribution in [0.25, 0.3) is 21.7 Å². The molecule has 2 aromatic carbocycles. The lowest BCUT2D eigenvalue weighted by molar-refractivity contribution is -0.113. The standard InChI is InChI=1S/C24H18FN5O3S4/c1-2-33-17-6-4-3-5-16(17)30-20-19(37-24(30)34)21(32)29(15-9-7-14(25)8-10-15)23(28-20)36-13-18(31)27-22-26-11-12-35-22/h3-12H,2,13H2,1H3,(H,26,27,31). The van der Waals surface area contributed by atoms with Gasteiger partial charge >= 0.3 is 0 Å². The summed E-state index contributed by atoms with van der Waals surface area (Å²) in [5.41, 5.74) is 1.06. The third-order valence-corrected chi connectivity index (χ3v) is 8.06. The molecule has 0 saturated carbocycles. The molecule has 5 aromatic rings. The predicted molar refractivity (Wildman–Crippen MR) is 148 cm³/mol. The molecule has 13 heteroatoms. The van der Waals surface area contributed by atoms with E-state index in [0.717, 1.165) is 23.1 Å². The molecular weight excluding hydrogens is 554 g/mol. The number of thioether (sulfide) groups is 1. The van der Waals surface area contributed by atoms with Crippen molar-refractivity contribution in [3.8, 4) is 17.1 Å². The van der Waals surface area contributed by atoms with E-state index >= 15 is 0 Å². The molecule has 0 unspecified atom stereocenters. The fraction of sp³-hybridized carbons (Fsp3) is 0.125. The Labute approximate surface area is 227 Å². The zero-order valence-corrected chi connectivity index (χ0v) is 22.5. The molecule has 0 saturated heterocycles. The number of hydrogen-bond acceptors (Lipinski definition) is 9. The summed E-state index contributed by atoms with van der Waals surface area (Å²) in [6.45, 7) is 2.33. The molecule has 0 spiro atoms. The number of aromatic nitrogens is 4. The summed E-state index contributed by atoms with van der Waals surface area (Å²) in [7, 11) is 0. The Bertz CT molecular complexity index is 1690. The van der Waals surface area contributed by atoms with Crippen LogP contribution in [0, 0.1) is 9.77 Å². The molecule has 0 aliphatic heterocycles. The second-order valence-corrected chi connectivity index (χ2v) is 10.9. The van der Waals surface area contributed by atoms with Crippen LogP contribution >= 0.6 is 46.7 Å². The molecule has 0 atom stereocenters. The number of anilines is 1. The molecule has 0 fully saturated rings. The molecule has 0 aliphatic carbocycles. The third kappa shape index (κ3) is 5.21. The molecule has 1 amide bonds. The van der Waals surface area contributed by atoms with Gasteiger partial charge in [0, 0.05) is 11.6 Å². The second-order valence-electron chi connectivity index (χ2n) is 7.44. The lowest BCUT2D eigenvalue weighted by atomic mass is 10.3. The van der Waals surface area contributed by atoms with E-state index < -0.39 is 5.82 Å². The topological polar surface area (TPSA) is 91.0 Å². The normalized spacial score (nSPS) is 11.1. The van der Waals surface area contributed by atoms with Gasteiger partial charge in [-0.15, -0.1) is 11.3 Å². The van der Waals surface area contributed by atoms with Gasteiger partial charge in [-0.1, -0.05) is 35.2 Å². The number of benzene rings is 2. The zero-order valence-electron chi connectivity index (χ0n) is 19.2. The van der Waals surface area contributed by atoms with Gasteiger partial charge in [0.15, 0.2) is 19.9 Å². The number of para-hydroxylation sites is 2. The highest BCUT2D eigenvalue weighted by atomic mass is 32.2. The maximum absolute atomic E-state index is 13.8. The van der Waals surface area contributed by atoms with Crippen LogP contribution < -0.4 is 15.6 Å². The van der Waals surface area contributed by atoms with E-state index in [4.69, 9.17) is 21.9 Å². The summed E-state index contributed by atoms with van der Waals surface area (Å²) < 4.78 is 23.2. The number of nitrogens with zero attached hydrogens (tertiary/aromatic N) is 4. The van der Waals surface area contributed by atoms with Gasteiger partial charge in [0.2, 0.25) is 5.91 Å². The van der Waals surface area contributed by atoms with E-state index in [2.05, 4.69) is 10.3 Å². The Morgan fingerprint density at radius 1 is 1.19 bits per heavy atom. The number of hydrogen-bond donors (Lipinski definition) is 1. The summed E-state index contributed by atoms with van der Waals surface area (Å²) >= 11 is 9.16. The van der Waals surface area contributed by atoms with Crippen molar-refractivity contribution in [1.29, 1.82) is 0 Å². The molecule has 8 nitrogen and oxygen atoms in total. The minimum absolute atomic E-state index is 0.0286. The highest BCUT2D eigenvalue weighted by Crippen LogP contribution is 2.31. The largest absolute Gasteiger partial charge is 0.492 e. The molecule has 0 aliphatic rings. The average molecular weight is 572 g/mol. The first-order valence-electron chi connectivity index (χ1n) is 10.9. The summed E-state index contributed by atoms with van der Waals surface area (Å²) in [5.74, 6) is -0.164. The molecular formula is C24H18FN5O3S4. The Balaban J connectivity index is 1.65. The van der Waals surface area contributed by atoms with Gasteiger partial charge in [-0.25, -0.2) is 14.4 Å². The SMILES string of the molecule is CCOc1ccccc1-n1c(=S)sc2c(=O)n(-c3ccc(F)cc3)c(SCC(=O)Nc3nccs3)nc21. The predicted octanol–water partition coefficient (Wildman–Crippen LogP) is 5.69. The second kappa shape index (κ2) is 10.9. The van der Waals surface area contributed by atoms with E-state index in [1.807, 2.05) is 31.2 Å². The number of rotatable bonds is 8. The lowest BCUT2D eigenvalue weighted by Gasteiger charge is -2.14. The van der Waals surface area contributed by atoms with E-state index in [1.165, 1.54) is 40.2 Å². The summed E-state index contributed by atoms with van der Waals surface area (Å²) in [4.78, 5) is 35.2. The van der Waals surface area contributed by atoms with Crippen molar-refractivity contribution in [3.05, 3.63) is 80.2 Å². The Morgan fingerprint density at radius 3 is 2.70 bits per heavy atom. The lowest BCUT2D eigenvalue weighted by Crippen LogP contribution is -2.23. The van der Waals surface area contributed by atoms with Crippen LogP contribution in [-0.2, 0) is 4.79 Å². The van der Waals surface area contributed by atoms with Crippen molar-refractivity contribution in [1.82, 2.24) is 19.1 Å². The number of amides is 1. The summed E-state index contributed by atoms with van der Waals surface area (Å²) in [5, 5.41) is 5.21. The van der Waals surface area contributed by atoms with Crippen molar-refractivity contribution >= 4 is 68.0 Å². The van der Waals surface area contributed by atoms with Crippen LogP contribution in [-0.4, -0.2) is 37.4 Å². The van der Waals surface area contributed by atoms with Crippen LogP contribution in [0.3, 0.4) is 0 Å². The Morgan fingerprint density at radius 2 is 1.97 bits per heavy atom. The molecule has 3 aromatic heterocycles. The van der Waals surface area contributed by atoms with E-state index in [9.17, 15) is 14.0 Å². The first kappa shape index (κ1) is 25.3. The van der Waals surface area contributed by atoms with Crippen LogP contribution in [0.4, 0.5) is 9.52 Å². The highest BCUT2D eigenvalue weighted by Gasteiger charge is 2.21. The van der Waals surface area contributed by atoms with Crippen molar-refractivity contribution < 1.29 is 13.9 Å². The minimum Gasteiger partial charge on any atom is -0.492 e. The number of carbonyl (C=O) groups is 1. The van der Waals surface area contributed by atoms with E-state index in [1.54, 1.807) is 16.1 Å². The number of thiazole rings is 2. The van der Waals surface area contributed by atoms with Crippen LogP contribution in [0.5, 0.6) is 5.75 Å². The molecule has 5 rings (SSSR count). The number of nitrogens with one attached hydrogen (secondary N) is 1. The zero-order chi connectivity index (χ0) is 25.9. The van der Waals surface area contributed by atoms with Gasteiger partial charge in [0.25, 0.3) is 5.56 Å². The van der Waals surface area contributed by atoms with E-state index in [-0.39, 0.29) is 22.4 Å². The first-order valence-corrected chi connectivity index (χ1v) is 14.0. The van der Waals surface area contributed by atoms with Gasteiger partial charge in [-0.3, -0.25) is 18.7 Å². The minimum atomic E-state index is -0.433. The fourth-order valence-electron chi connectivity index (χ4n) is 3.55. The summed E-state index contributed by atoms with van der Waals surface area (Å²) in [6, 6.07) is 12.9. The van der Waals surface area contributed by atoms with Gasteiger partial charge in [-0.2, -0.15) is 0 Å². The monoisotopic (exact) mass is 571 g/mol. The fourth-order valence-corrected chi connectivity index (χ4v) is 6.19. The quantitative estimate of drug-likeness (QED) is 0.145. The van der Waals surface area contributed by atoms with Gasteiger partial charge in [0.1, 0.15) is 16.3 Å². The molecule has 37 heavy (non-hydrogen) atoms. The molecule has 0 bridgehead atoms. The van der Waals surface area contributed by atoms with Crippen molar-refractivity contribution in [2.45, 2.75) is 12.1 Å². The maximum Gasteiger partial charge on any atom is 0.278 e. The highest BCUT2D eigenvalue weighted by molar-refractivity contribution is 7.99. The molecule has 1 N–H and O–H groups in total. The Kier molecular flexibility index (Phi) is 7.46. The van der Waals surface area contributed by atoms with Gasteiger partial charge in [-0.05, 0) is 55.5 Å². The van der Waals surface area contributed by atoms with Crippen molar-refractivity contribution in [3.63, 3.8) is 0 Å². The smallest absolute Gasteiger partial charge is 0.278 e. The number of carbonyl (C=O) groups excluding carboxylic acids is 1. The van der Waals surface area contributed by atoms with Crippen molar-refractivity contribution in [2.75, 3.05) is 17.7 Å². The molecule has 188 valence electrons. The van der Waals surface area contributed by atoms with Crippen LogP contribution in [0.2, 0.25) is 0 Å². The van der Waals surface area contributed by atoms with E-state index in [0.29, 0.717) is 43.2 Å². The first-order chi connectivity index (χ1) is 18.0. The van der Waals surface area contributed by atoms with Crippen LogP contribution in [0.1, 0.15) is 6.92 Å². The number of fused-ring (bicyclic) bond motifs is 1. The van der Waals surface area contributed by atoms with Crippen molar-refractivity contribution in [2.24, 2.45) is 0 Å². The molecule has 0 radical (unpaired) electrons. The average Bonchev–Trinajstić information content (AvgIpc) is 3.51. The van der Waals surface area contributed by atoms with Crippen LogP contribution in [0.15, 0.2) is 70.1 Å². The summed E-state index contributed by atoms with van der Waals surface area (Å²) in [6.07, 6.45) is 1.59. The maximum atomic E-state index is 13.8. The Hall–Kier alpha value is -3.39. The van der Waals surface area contributed by atoms with Gasteiger partial charge < -0.3 is 10.1 Å². The van der Waals surface area contributed by atoms with Gasteiger partial charge in [0.05, 0.1) is 23.7 Å². The third-order valence-electron chi connectivity index (χ3n) is 5.08. The molecule has 3 heterocycles. The number of ether oxygens (including phenoxy) is 1. The number of halogens is 1.